The highest BCUT2D eigenvalue weighted by Gasteiger charge is 2.53. The number of aliphatic imine (C=N–C) groups is 1. The van der Waals surface area contributed by atoms with Gasteiger partial charge >= 0.3 is 12.0 Å². The molecule has 10 heteroatoms. The van der Waals surface area contributed by atoms with Gasteiger partial charge in [-0.2, -0.15) is 0 Å². The van der Waals surface area contributed by atoms with E-state index < -0.39 is 6.04 Å². The minimum atomic E-state index is -0.569. The van der Waals surface area contributed by atoms with E-state index in [9.17, 15) is 9.59 Å². The molecule has 0 N–H and O–H groups in total. The number of imide groups is 1. The summed E-state index contributed by atoms with van der Waals surface area (Å²) in [4.78, 5) is 37.4. The van der Waals surface area contributed by atoms with Gasteiger partial charge in [-0.3, -0.25) is 19.5 Å². The van der Waals surface area contributed by atoms with Gasteiger partial charge < -0.3 is 4.90 Å². The van der Waals surface area contributed by atoms with Gasteiger partial charge in [-0.15, -0.1) is 10.1 Å². The van der Waals surface area contributed by atoms with Crippen LogP contribution >= 0.6 is 0 Å². The lowest BCUT2D eigenvalue weighted by Crippen LogP contribution is -2.62. The molecule has 0 spiro atoms. The SMILES string of the molecule is CC1=NN(CCN2CCN(c3ccccc3)CC2)C2=[N+](C1)C1C(=O)N(C)C(=O)N(C)C1=N2. The Bertz CT molecular complexity index is 1030. The second kappa shape index (κ2) is 8.01. The molecule has 2 saturated heterocycles. The zero-order valence-corrected chi connectivity index (χ0v) is 18.8. The maximum absolute atomic E-state index is 12.9. The van der Waals surface area contributed by atoms with Gasteiger partial charge in [-0.25, -0.2) is 9.37 Å². The summed E-state index contributed by atoms with van der Waals surface area (Å²) >= 11 is 0. The summed E-state index contributed by atoms with van der Waals surface area (Å²) in [5.41, 5.74) is 2.20. The molecule has 3 amide bonds. The van der Waals surface area contributed by atoms with Crippen LogP contribution in [0, 0.1) is 0 Å². The van der Waals surface area contributed by atoms with E-state index in [1.165, 1.54) is 22.5 Å². The van der Waals surface area contributed by atoms with Crippen LogP contribution in [0.25, 0.3) is 0 Å². The number of hydrazone groups is 1. The van der Waals surface area contributed by atoms with E-state index in [1.807, 2.05) is 22.6 Å². The van der Waals surface area contributed by atoms with E-state index in [1.54, 1.807) is 7.05 Å². The molecule has 4 aliphatic rings. The van der Waals surface area contributed by atoms with Crippen LogP contribution in [0.3, 0.4) is 0 Å². The molecule has 0 saturated carbocycles. The lowest BCUT2D eigenvalue weighted by atomic mass is 10.1. The first-order chi connectivity index (χ1) is 15.4. The van der Waals surface area contributed by atoms with Crippen molar-refractivity contribution in [3.05, 3.63) is 30.3 Å². The fraction of sp³-hybridized carbons (Fsp3) is 0.500. The van der Waals surface area contributed by atoms with Crippen LogP contribution in [-0.2, 0) is 4.79 Å². The molecule has 0 bridgehead atoms. The number of carbonyl (C=O) groups excluding carboxylic acids is 2. The predicted molar refractivity (Wildman–Crippen MR) is 122 cm³/mol. The summed E-state index contributed by atoms with van der Waals surface area (Å²) in [7, 11) is 3.19. The minimum absolute atomic E-state index is 0.242. The molecule has 4 heterocycles. The predicted octanol–water partition coefficient (Wildman–Crippen LogP) is 0.173. The number of anilines is 1. The van der Waals surface area contributed by atoms with E-state index in [-0.39, 0.29) is 11.9 Å². The quantitative estimate of drug-likeness (QED) is 0.628. The van der Waals surface area contributed by atoms with E-state index in [0.29, 0.717) is 24.9 Å². The van der Waals surface area contributed by atoms with Gasteiger partial charge in [0.25, 0.3) is 5.91 Å². The molecule has 1 aromatic carbocycles. The molecule has 1 unspecified atom stereocenters. The van der Waals surface area contributed by atoms with Crippen molar-refractivity contribution in [1.29, 1.82) is 0 Å². The first-order valence-corrected chi connectivity index (χ1v) is 11.1. The number of urea groups is 1. The third-order valence-corrected chi connectivity index (χ3v) is 6.55. The smallest absolute Gasteiger partial charge is 0.369 e. The molecule has 0 radical (unpaired) electrons. The third kappa shape index (κ3) is 3.44. The number of para-hydroxylation sites is 1. The van der Waals surface area contributed by atoms with Crippen molar-refractivity contribution in [1.82, 2.24) is 19.7 Å². The Morgan fingerprint density at radius 2 is 1.72 bits per heavy atom. The highest BCUT2D eigenvalue weighted by Crippen LogP contribution is 2.22. The van der Waals surface area contributed by atoms with Crippen molar-refractivity contribution in [2.45, 2.75) is 13.0 Å². The van der Waals surface area contributed by atoms with E-state index >= 15 is 0 Å². The summed E-state index contributed by atoms with van der Waals surface area (Å²) in [5, 5.41) is 6.60. The largest absolute Gasteiger partial charge is 0.416 e. The van der Waals surface area contributed by atoms with Crippen LogP contribution in [0.5, 0.6) is 0 Å². The second-order valence-corrected chi connectivity index (χ2v) is 8.66. The van der Waals surface area contributed by atoms with Gasteiger partial charge in [0.15, 0.2) is 0 Å². The zero-order valence-electron chi connectivity index (χ0n) is 18.8. The van der Waals surface area contributed by atoms with Gasteiger partial charge in [0, 0.05) is 52.5 Å². The Hall–Kier alpha value is -3.27. The first-order valence-electron chi connectivity index (χ1n) is 11.1. The summed E-state index contributed by atoms with van der Waals surface area (Å²) in [6.07, 6.45) is 0. The average Bonchev–Trinajstić information content (AvgIpc) is 3.20. The average molecular weight is 438 g/mol. The topological polar surface area (TPSA) is 78.1 Å². The molecule has 1 aromatic rings. The molecule has 2 fully saturated rings. The highest BCUT2D eigenvalue weighted by atomic mass is 16.2. The second-order valence-electron chi connectivity index (χ2n) is 8.66. The number of hydrogen-bond donors (Lipinski definition) is 0. The third-order valence-electron chi connectivity index (χ3n) is 6.55. The lowest BCUT2D eigenvalue weighted by Gasteiger charge is -2.36. The maximum atomic E-state index is 12.9. The standard InChI is InChI=1S/C22H29N8O2/c1-16-15-29-18-19(25(2)22(32)26(3)20(18)31)23-21(29)30(24-16)14-11-27-9-12-28(13-10-27)17-7-5-4-6-8-17/h4-8,18H,9-15H2,1-3H3/q+1. The van der Waals surface area contributed by atoms with E-state index in [0.717, 1.165) is 38.4 Å². The Morgan fingerprint density at radius 3 is 2.44 bits per heavy atom. The summed E-state index contributed by atoms with van der Waals surface area (Å²) in [5.74, 6) is 0.898. The van der Waals surface area contributed by atoms with Crippen molar-refractivity contribution < 1.29 is 14.2 Å². The molecule has 0 aliphatic carbocycles. The Balaban J connectivity index is 1.26. The van der Waals surface area contributed by atoms with E-state index in [2.05, 4.69) is 39.1 Å². The monoisotopic (exact) mass is 437 g/mol. The van der Waals surface area contributed by atoms with Crippen LogP contribution in [0.15, 0.2) is 40.4 Å². The number of benzene rings is 1. The fourth-order valence-corrected chi connectivity index (χ4v) is 4.74. The Morgan fingerprint density at radius 1 is 1.00 bits per heavy atom. The van der Waals surface area contributed by atoms with Gasteiger partial charge in [-0.1, -0.05) is 23.2 Å². The van der Waals surface area contributed by atoms with Gasteiger partial charge in [0.05, 0.1) is 5.71 Å². The Labute approximate surface area is 187 Å². The number of amides is 3. The van der Waals surface area contributed by atoms with Crippen molar-refractivity contribution in [2.24, 2.45) is 10.1 Å². The molecule has 0 aromatic heterocycles. The number of carbonyl (C=O) groups is 2. The van der Waals surface area contributed by atoms with Crippen molar-refractivity contribution in [3.63, 3.8) is 0 Å². The number of amidine groups is 1. The van der Waals surface area contributed by atoms with Crippen LogP contribution in [0.2, 0.25) is 0 Å². The summed E-state index contributed by atoms with van der Waals surface area (Å²) in [6.45, 7) is 7.99. The number of hydrogen-bond acceptors (Lipinski definition) is 7. The normalized spacial score (nSPS) is 24.0. The number of likely N-dealkylation sites (N-methyl/N-ethyl adjacent to an activating group) is 2. The van der Waals surface area contributed by atoms with Crippen molar-refractivity contribution >= 4 is 35.1 Å². The van der Waals surface area contributed by atoms with Crippen LogP contribution in [-0.4, -0.2) is 120 Å². The molecule has 32 heavy (non-hydrogen) atoms. The molecule has 168 valence electrons. The zero-order chi connectivity index (χ0) is 22.4. The molecular weight excluding hydrogens is 408 g/mol. The molecule has 1 atom stereocenters. The maximum Gasteiger partial charge on any atom is 0.416 e. The molecular formula is C22H29N8O2+. The first kappa shape index (κ1) is 20.6. The molecule has 4 aliphatic heterocycles. The summed E-state index contributed by atoms with van der Waals surface area (Å²) in [6, 6.07) is 9.59. The Kier molecular flexibility index (Phi) is 5.16. The van der Waals surface area contributed by atoms with Crippen LogP contribution in [0.1, 0.15) is 6.92 Å². The highest BCUT2D eigenvalue weighted by molar-refractivity contribution is 6.23. The van der Waals surface area contributed by atoms with Gasteiger partial charge in [0.2, 0.25) is 11.9 Å². The van der Waals surface area contributed by atoms with Crippen molar-refractivity contribution in [2.75, 3.05) is 64.8 Å². The van der Waals surface area contributed by atoms with Crippen LogP contribution < -0.4 is 4.90 Å². The van der Waals surface area contributed by atoms with Gasteiger partial charge in [0.1, 0.15) is 13.1 Å². The number of nitrogens with zero attached hydrogens (tertiary/aromatic N) is 8. The lowest BCUT2D eigenvalue weighted by molar-refractivity contribution is -0.527. The van der Waals surface area contributed by atoms with Crippen LogP contribution in [0.4, 0.5) is 10.5 Å². The molecule has 10 nitrogen and oxygen atoms in total. The number of piperazine rings is 1. The minimum Gasteiger partial charge on any atom is -0.369 e. The molecule has 5 rings (SSSR count). The van der Waals surface area contributed by atoms with Crippen molar-refractivity contribution in [3.8, 4) is 0 Å². The fourth-order valence-electron chi connectivity index (χ4n) is 4.74. The van der Waals surface area contributed by atoms with Gasteiger partial charge in [-0.05, 0) is 19.1 Å². The van der Waals surface area contributed by atoms with E-state index in [4.69, 9.17) is 5.10 Å². The number of fused-ring (bicyclic) bond motifs is 2. The number of guanidine groups is 1. The summed E-state index contributed by atoms with van der Waals surface area (Å²) < 4.78 is 1.97. The number of rotatable bonds is 4.